The molecule has 120 valence electrons. The van der Waals surface area contributed by atoms with E-state index in [2.05, 4.69) is 4.99 Å². The van der Waals surface area contributed by atoms with Crippen LogP contribution in [0.5, 0.6) is 11.5 Å². The lowest BCUT2D eigenvalue weighted by Crippen LogP contribution is -2.06. The Morgan fingerprint density at radius 3 is 2.71 bits per heavy atom. The first-order chi connectivity index (χ1) is 11.7. The third-order valence-corrected chi connectivity index (χ3v) is 3.63. The molecule has 0 aromatic heterocycles. The SMILES string of the molecule is O=C1OC(Cc2ccc(F)cc2)=N/C1=C/c1ccc2c(c1)OCO2. The van der Waals surface area contributed by atoms with E-state index in [0.717, 1.165) is 11.1 Å². The predicted octanol–water partition coefficient (Wildman–Crippen LogP) is 3.09. The molecule has 0 saturated heterocycles. The molecule has 0 bridgehead atoms. The van der Waals surface area contributed by atoms with Gasteiger partial charge in [0.2, 0.25) is 12.7 Å². The van der Waals surface area contributed by atoms with Gasteiger partial charge in [0.15, 0.2) is 17.2 Å². The van der Waals surface area contributed by atoms with E-state index in [9.17, 15) is 9.18 Å². The Kier molecular flexibility index (Phi) is 3.49. The number of cyclic esters (lactones) is 1. The summed E-state index contributed by atoms with van der Waals surface area (Å²) in [5.74, 6) is 0.772. The van der Waals surface area contributed by atoms with Crippen molar-refractivity contribution in [3.63, 3.8) is 0 Å². The van der Waals surface area contributed by atoms with E-state index < -0.39 is 5.97 Å². The highest BCUT2D eigenvalue weighted by Crippen LogP contribution is 2.33. The molecule has 24 heavy (non-hydrogen) atoms. The molecule has 0 spiro atoms. The minimum absolute atomic E-state index is 0.192. The molecule has 0 N–H and O–H groups in total. The number of benzene rings is 2. The molecule has 2 heterocycles. The van der Waals surface area contributed by atoms with Gasteiger partial charge in [-0.15, -0.1) is 0 Å². The van der Waals surface area contributed by atoms with Gasteiger partial charge in [-0.2, -0.15) is 0 Å². The number of fused-ring (bicyclic) bond motifs is 1. The maximum Gasteiger partial charge on any atom is 0.363 e. The molecule has 2 aliphatic heterocycles. The summed E-state index contributed by atoms with van der Waals surface area (Å²) in [7, 11) is 0. The molecule has 0 atom stereocenters. The number of nitrogens with zero attached hydrogens (tertiary/aromatic N) is 1. The van der Waals surface area contributed by atoms with E-state index in [1.165, 1.54) is 12.1 Å². The first-order valence-electron chi connectivity index (χ1n) is 7.33. The van der Waals surface area contributed by atoms with Crippen molar-refractivity contribution in [2.24, 2.45) is 4.99 Å². The molecule has 0 radical (unpaired) electrons. The van der Waals surface area contributed by atoms with Gasteiger partial charge in [-0.3, -0.25) is 0 Å². The van der Waals surface area contributed by atoms with Crippen LogP contribution in [0.4, 0.5) is 4.39 Å². The van der Waals surface area contributed by atoms with Crippen LogP contribution in [-0.4, -0.2) is 18.7 Å². The molecule has 0 amide bonds. The Balaban J connectivity index is 1.55. The van der Waals surface area contributed by atoms with E-state index in [-0.39, 0.29) is 18.3 Å². The topological polar surface area (TPSA) is 57.1 Å². The second-order valence-electron chi connectivity index (χ2n) is 5.34. The zero-order valence-corrected chi connectivity index (χ0v) is 12.5. The smallest absolute Gasteiger partial charge is 0.363 e. The molecule has 4 rings (SSSR count). The summed E-state index contributed by atoms with van der Waals surface area (Å²) in [6.45, 7) is 0.192. The molecule has 0 fully saturated rings. The summed E-state index contributed by atoms with van der Waals surface area (Å²) in [5, 5.41) is 0. The Labute approximate surface area is 137 Å². The second-order valence-corrected chi connectivity index (χ2v) is 5.34. The fourth-order valence-electron chi connectivity index (χ4n) is 2.47. The fraction of sp³-hybridized carbons (Fsp3) is 0.111. The van der Waals surface area contributed by atoms with E-state index in [4.69, 9.17) is 14.2 Å². The average Bonchev–Trinajstić information content (AvgIpc) is 3.16. The number of esters is 1. The van der Waals surface area contributed by atoms with Gasteiger partial charge in [0, 0.05) is 6.42 Å². The van der Waals surface area contributed by atoms with Gasteiger partial charge < -0.3 is 14.2 Å². The summed E-state index contributed by atoms with van der Waals surface area (Å²) < 4.78 is 28.6. The summed E-state index contributed by atoms with van der Waals surface area (Å²) in [6, 6.07) is 11.3. The van der Waals surface area contributed by atoms with Crippen molar-refractivity contribution in [1.29, 1.82) is 0 Å². The Morgan fingerprint density at radius 1 is 1.08 bits per heavy atom. The number of hydrogen-bond donors (Lipinski definition) is 0. The van der Waals surface area contributed by atoms with Gasteiger partial charge >= 0.3 is 5.97 Å². The van der Waals surface area contributed by atoms with Crippen molar-refractivity contribution in [3.05, 3.63) is 65.1 Å². The van der Waals surface area contributed by atoms with Gasteiger partial charge in [0.1, 0.15) is 5.82 Å². The van der Waals surface area contributed by atoms with Crippen LogP contribution in [0, 0.1) is 5.82 Å². The van der Waals surface area contributed by atoms with Crippen LogP contribution in [0.15, 0.2) is 53.2 Å². The van der Waals surface area contributed by atoms with Crippen LogP contribution in [0.25, 0.3) is 6.08 Å². The van der Waals surface area contributed by atoms with E-state index >= 15 is 0 Å². The van der Waals surface area contributed by atoms with Crippen molar-refractivity contribution < 1.29 is 23.4 Å². The normalized spacial score (nSPS) is 17.1. The number of rotatable bonds is 3. The Hall–Kier alpha value is -3.15. The third-order valence-electron chi connectivity index (χ3n) is 3.63. The molecule has 2 aliphatic rings. The molecule has 2 aromatic carbocycles. The molecular weight excluding hydrogens is 313 g/mol. The van der Waals surface area contributed by atoms with Gasteiger partial charge in [-0.25, -0.2) is 14.2 Å². The van der Waals surface area contributed by atoms with Gasteiger partial charge in [-0.1, -0.05) is 18.2 Å². The van der Waals surface area contributed by atoms with Crippen molar-refractivity contribution in [2.45, 2.75) is 6.42 Å². The van der Waals surface area contributed by atoms with Crippen LogP contribution in [0.2, 0.25) is 0 Å². The summed E-state index contributed by atoms with van der Waals surface area (Å²) in [6.07, 6.45) is 1.95. The van der Waals surface area contributed by atoms with E-state index in [0.29, 0.717) is 23.8 Å². The lowest BCUT2D eigenvalue weighted by atomic mass is 10.1. The average molecular weight is 325 g/mol. The van der Waals surface area contributed by atoms with Gasteiger partial charge in [0.25, 0.3) is 0 Å². The number of carbonyl (C=O) groups is 1. The first kappa shape index (κ1) is 14.4. The minimum atomic E-state index is -0.509. The highest BCUT2D eigenvalue weighted by Gasteiger charge is 2.23. The number of halogens is 1. The summed E-state index contributed by atoms with van der Waals surface area (Å²) in [4.78, 5) is 16.2. The standard InChI is InChI=1S/C18H12FNO4/c19-13-4-1-11(2-5-13)9-17-20-14(18(21)24-17)7-12-3-6-15-16(8-12)23-10-22-15/h1-8H,9-10H2/b14-7+. The van der Waals surface area contributed by atoms with E-state index in [1.807, 2.05) is 0 Å². The molecule has 2 aromatic rings. The second kappa shape index (κ2) is 5.81. The zero-order chi connectivity index (χ0) is 16.5. The largest absolute Gasteiger partial charge is 0.454 e. The fourth-order valence-corrected chi connectivity index (χ4v) is 2.47. The molecular formula is C18H12FNO4. The lowest BCUT2D eigenvalue weighted by molar-refractivity contribution is -0.130. The molecule has 0 unspecified atom stereocenters. The summed E-state index contributed by atoms with van der Waals surface area (Å²) in [5.41, 5.74) is 1.79. The third kappa shape index (κ3) is 2.86. The van der Waals surface area contributed by atoms with Crippen LogP contribution in [0.3, 0.4) is 0 Å². The summed E-state index contributed by atoms with van der Waals surface area (Å²) >= 11 is 0. The van der Waals surface area contributed by atoms with Crippen molar-refractivity contribution in [1.82, 2.24) is 0 Å². The minimum Gasteiger partial charge on any atom is -0.454 e. The highest BCUT2D eigenvalue weighted by molar-refractivity contribution is 6.07. The predicted molar refractivity (Wildman–Crippen MR) is 84.2 cm³/mol. The molecule has 0 saturated carbocycles. The van der Waals surface area contributed by atoms with Crippen LogP contribution in [-0.2, 0) is 16.0 Å². The number of carbonyl (C=O) groups excluding carboxylic acids is 1. The lowest BCUT2D eigenvalue weighted by Gasteiger charge is -1.99. The molecule has 6 heteroatoms. The first-order valence-corrected chi connectivity index (χ1v) is 7.33. The van der Waals surface area contributed by atoms with Gasteiger partial charge in [-0.05, 0) is 41.5 Å². The quantitative estimate of drug-likeness (QED) is 0.643. The highest BCUT2D eigenvalue weighted by atomic mass is 19.1. The van der Waals surface area contributed by atoms with Crippen molar-refractivity contribution >= 4 is 17.9 Å². The molecule has 0 aliphatic carbocycles. The number of ether oxygens (including phenoxy) is 3. The Morgan fingerprint density at radius 2 is 1.88 bits per heavy atom. The number of aliphatic imine (C=N–C) groups is 1. The zero-order valence-electron chi connectivity index (χ0n) is 12.5. The maximum absolute atomic E-state index is 12.9. The van der Waals surface area contributed by atoms with Crippen molar-refractivity contribution in [2.75, 3.05) is 6.79 Å². The number of hydrogen-bond acceptors (Lipinski definition) is 5. The van der Waals surface area contributed by atoms with Crippen LogP contribution >= 0.6 is 0 Å². The van der Waals surface area contributed by atoms with Crippen LogP contribution < -0.4 is 9.47 Å². The monoisotopic (exact) mass is 325 g/mol. The van der Waals surface area contributed by atoms with Gasteiger partial charge in [0.05, 0.1) is 0 Å². The molecule has 5 nitrogen and oxygen atoms in total. The van der Waals surface area contributed by atoms with E-state index in [1.54, 1.807) is 36.4 Å². The maximum atomic E-state index is 12.9. The van der Waals surface area contributed by atoms with Crippen molar-refractivity contribution in [3.8, 4) is 11.5 Å². The van der Waals surface area contributed by atoms with Crippen LogP contribution in [0.1, 0.15) is 11.1 Å². The Bertz CT molecular complexity index is 871.